The lowest BCUT2D eigenvalue weighted by Gasteiger charge is -2.05. The van der Waals surface area contributed by atoms with Crippen molar-refractivity contribution in [3.05, 3.63) is 15.3 Å². The Labute approximate surface area is 84.5 Å². The number of methoxy groups -OCH3 is 1. The van der Waals surface area contributed by atoms with Crippen molar-refractivity contribution in [1.29, 1.82) is 0 Å². The van der Waals surface area contributed by atoms with Crippen LogP contribution in [0.1, 0.15) is 5.56 Å². The van der Waals surface area contributed by atoms with Crippen molar-refractivity contribution in [2.24, 2.45) is 0 Å². The molecule has 0 saturated heterocycles. The summed E-state index contributed by atoms with van der Waals surface area (Å²) in [5, 5.41) is 0. The van der Waals surface area contributed by atoms with Crippen LogP contribution in [0.2, 0.25) is 0 Å². The summed E-state index contributed by atoms with van der Waals surface area (Å²) in [7, 11) is 1.52. The van der Waals surface area contributed by atoms with Gasteiger partial charge in [0, 0.05) is 6.20 Å². The molecule has 0 unspecified atom stereocenters. The van der Waals surface area contributed by atoms with Crippen molar-refractivity contribution < 1.29 is 4.74 Å². The third kappa shape index (κ3) is 1.46. The molecule has 3 nitrogen and oxygen atoms in total. The number of hydrogen-bond acceptors (Lipinski definition) is 3. The minimum atomic E-state index is 0.415. The third-order valence-electron chi connectivity index (χ3n) is 1.36. The van der Waals surface area contributed by atoms with Gasteiger partial charge in [0.05, 0.1) is 16.2 Å². The van der Waals surface area contributed by atoms with Crippen molar-refractivity contribution in [1.82, 2.24) is 4.98 Å². The molecule has 0 aliphatic carbocycles. The van der Waals surface area contributed by atoms with Crippen LogP contribution in [0.15, 0.2) is 6.20 Å². The number of rotatable bonds is 1. The van der Waals surface area contributed by atoms with Gasteiger partial charge in [-0.2, -0.15) is 0 Å². The van der Waals surface area contributed by atoms with Gasteiger partial charge in [-0.3, -0.25) is 0 Å². The fraction of sp³-hybridized carbons (Fsp3) is 0.125. The summed E-state index contributed by atoms with van der Waals surface area (Å²) in [6.45, 7) is 0. The molecule has 2 N–H and O–H groups in total. The first-order valence-electron chi connectivity index (χ1n) is 3.15. The van der Waals surface area contributed by atoms with E-state index < -0.39 is 0 Å². The fourth-order valence-corrected chi connectivity index (χ4v) is 1.28. The molecule has 1 aromatic heterocycles. The highest BCUT2D eigenvalue weighted by molar-refractivity contribution is 14.1. The number of nitrogens with zero attached hydrogens (tertiary/aromatic N) is 1. The van der Waals surface area contributed by atoms with Crippen molar-refractivity contribution in [3.8, 4) is 18.2 Å². The van der Waals surface area contributed by atoms with E-state index in [9.17, 15) is 0 Å². The number of pyridine rings is 1. The third-order valence-corrected chi connectivity index (χ3v) is 2.53. The minimum Gasteiger partial charge on any atom is -0.480 e. The van der Waals surface area contributed by atoms with Gasteiger partial charge in [0.1, 0.15) is 5.69 Å². The molecule has 0 bridgehead atoms. The summed E-state index contributed by atoms with van der Waals surface area (Å²) in [4.78, 5) is 3.93. The van der Waals surface area contributed by atoms with Gasteiger partial charge in [0.15, 0.2) is 0 Å². The van der Waals surface area contributed by atoms with Gasteiger partial charge in [0.2, 0.25) is 5.88 Å². The summed E-state index contributed by atoms with van der Waals surface area (Å²) in [5.41, 5.74) is 6.86. The van der Waals surface area contributed by atoms with Crippen LogP contribution < -0.4 is 10.5 Å². The second-order valence-corrected chi connectivity index (χ2v) is 3.13. The molecule has 1 heterocycles. The van der Waals surface area contributed by atoms with Crippen LogP contribution in [-0.2, 0) is 0 Å². The summed E-state index contributed by atoms with van der Waals surface area (Å²) >= 11 is 2.07. The number of nitrogens with two attached hydrogens (primary N) is 1. The summed E-state index contributed by atoms with van der Waals surface area (Å²) in [5.74, 6) is 2.90. The zero-order valence-electron chi connectivity index (χ0n) is 6.47. The van der Waals surface area contributed by atoms with E-state index in [2.05, 4.69) is 33.5 Å². The molecule has 0 aliphatic heterocycles. The second-order valence-electron chi connectivity index (χ2n) is 2.05. The SMILES string of the molecule is C#Cc1cnc(OC)c(N)c1I. The van der Waals surface area contributed by atoms with E-state index in [-0.39, 0.29) is 0 Å². The van der Waals surface area contributed by atoms with Crippen molar-refractivity contribution >= 4 is 28.3 Å². The Kier molecular flexibility index (Phi) is 2.76. The Morgan fingerprint density at radius 3 is 2.92 bits per heavy atom. The monoisotopic (exact) mass is 274 g/mol. The van der Waals surface area contributed by atoms with Crippen molar-refractivity contribution in [2.45, 2.75) is 0 Å². The molecule has 4 heteroatoms. The second kappa shape index (κ2) is 3.63. The first-order valence-corrected chi connectivity index (χ1v) is 4.23. The molecule has 0 saturated carbocycles. The summed E-state index contributed by atoms with van der Waals surface area (Å²) < 4.78 is 5.72. The Bertz CT molecular complexity index is 344. The van der Waals surface area contributed by atoms with Gasteiger partial charge >= 0.3 is 0 Å². The van der Waals surface area contributed by atoms with Gasteiger partial charge in [0.25, 0.3) is 0 Å². The molecule has 0 radical (unpaired) electrons. The Balaban J connectivity index is 3.32. The van der Waals surface area contributed by atoms with Crippen LogP contribution in [0.5, 0.6) is 5.88 Å². The van der Waals surface area contributed by atoms with E-state index in [0.717, 1.165) is 3.57 Å². The van der Waals surface area contributed by atoms with Crippen LogP contribution in [0.4, 0.5) is 5.69 Å². The highest BCUT2D eigenvalue weighted by Gasteiger charge is 2.07. The zero-order chi connectivity index (χ0) is 9.14. The first-order chi connectivity index (χ1) is 5.70. The van der Waals surface area contributed by atoms with E-state index in [4.69, 9.17) is 16.9 Å². The van der Waals surface area contributed by atoms with Gasteiger partial charge in [-0.1, -0.05) is 5.92 Å². The van der Waals surface area contributed by atoms with Crippen LogP contribution in [0.3, 0.4) is 0 Å². The highest BCUT2D eigenvalue weighted by atomic mass is 127. The summed E-state index contributed by atoms with van der Waals surface area (Å²) in [6.07, 6.45) is 6.79. The molecule has 0 aromatic carbocycles. The van der Waals surface area contributed by atoms with Crippen molar-refractivity contribution in [2.75, 3.05) is 12.8 Å². The maximum absolute atomic E-state index is 5.68. The lowest BCUT2D eigenvalue weighted by atomic mass is 10.3. The Hall–Kier alpha value is -0.960. The van der Waals surface area contributed by atoms with Gasteiger partial charge in [-0.15, -0.1) is 6.42 Å². The zero-order valence-corrected chi connectivity index (χ0v) is 8.62. The average Bonchev–Trinajstić information content (AvgIpc) is 2.10. The van der Waals surface area contributed by atoms with Crippen LogP contribution in [-0.4, -0.2) is 12.1 Å². The number of hydrogen-bond donors (Lipinski definition) is 1. The van der Waals surface area contributed by atoms with Crippen LogP contribution in [0.25, 0.3) is 0 Å². The lowest BCUT2D eigenvalue weighted by Crippen LogP contribution is -1.99. The molecule has 0 fully saturated rings. The van der Waals surface area contributed by atoms with E-state index in [0.29, 0.717) is 17.1 Å². The topological polar surface area (TPSA) is 48.1 Å². The van der Waals surface area contributed by atoms with E-state index in [1.54, 1.807) is 6.20 Å². The number of anilines is 1. The standard InChI is InChI=1S/C8H7IN2O/c1-3-5-4-11-8(12-2)7(10)6(5)9/h1,4H,10H2,2H3. The molecular weight excluding hydrogens is 267 g/mol. The predicted molar refractivity (Wildman–Crippen MR) is 55.9 cm³/mol. The number of nitrogen functional groups attached to an aromatic ring is 1. The minimum absolute atomic E-state index is 0.415. The van der Waals surface area contributed by atoms with Crippen molar-refractivity contribution in [3.63, 3.8) is 0 Å². The molecule has 0 amide bonds. The molecular formula is C8H7IN2O. The van der Waals surface area contributed by atoms with Crippen LogP contribution in [0, 0.1) is 15.9 Å². The number of halogens is 1. The molecule has 1 rings (SSSR count). The quantitative estimate of drug-likeness (QED) is 0.619. The van der Waals surface area contributed by atoms with E-state index in [1.165, 1.54) is 7.11 Å². The molecule has 62 valence electrons. The van der Waals surface area contributed by atoms with E-state index in [1.807, 2.05) is 0 Å². The number of ether oxygens (including phenoxy) is 1. The smallest absolute Gasteiger partial charge is 0.238 e. The predicted octanol–water partition coefficient (Wildman–Crippen LogP) is 1.26. The maximum atomic E-state index is 5.68. The van der Waals surface area contributed by atoms with Gasteiger partial charge in [-0.25, -0.2) is 4.98 Å². The van der Waals surface area contributed by atoms with Crippen LogP contribution >= 0.6 is 22.6 Å². The number of terminal acetylenes is 1. The first kappa shape index (κ1) is 9.13. The molecule has 0 spiro atoms. The maximum Gasteiger partial charge on any atom is 0.238 e. The molecule has 0 aliphatic rings. The molecule has 1 aromatic rings. The normalized spacial score (nSPS) is 9.08. The Morgan fingerprint density at radius 2 is 2.42 bits per heavy atom. The fourth-order valence-electron chi connectivity index (χ4n) is 0.752. The molecule has 0 atom stereocenters. The number of aromatic nitrogens is 1. The van der Waals surface area contributed by atoms with E-state index >= 15 is 0 Å². The van der Waals surface area contributed by atoms with Gasteiger partial charge < -0.3 is 10.5 Å². The highest BCUT2D eigenvalue weighted by Crippen LogP contribution is 2.25. The summed E-state index contributed by atoms with van der Waals surface area (Å²) in [6, 6.07) is 0. The Morgan fingerprint density at radius 1 is 1.75 bits per heavy atom. The lowest BCUT2D eigenvalue weighted by molar-refractivity contribution is 0.400. The van der Waals surface area contributed by atoms with Gasteiger partial charge in [-0.05, 0) is 22.6 Å². The average molecular weight is 274 g/mol. The largest absolute Gasteiger partial charge is 0.480 e. The molecule has 12 heavy (non-hydrogen) atoms.